The highest BCUT2D eigenvalue weighted by atomic mass is 19.4. The Hall–Kier alpha value is -3.47. The molecule has 0 spiro atoms. The SMILES string of the molecule is NC(=O)c1cc(F)cc2cn(-c3ccc(C4CCCN(OC(=O)C(F)(F)F)C4)cc3)nc12. The maximum Gasteiger partial charge on any atom is 0.492 e. The minimum atomic E-state index is -5.04. The van der Waals surface area contributed by atoms with Gasteiger partial charge in [0.1, 0.15) is 11.3 Å². The second-order valence-electron chi connectivity index (χ2n) is 7.52. The molecule has 0 aliphatic carbocycles. The predicted octanol–water partition coefficient (Wildman–Crippen LogP) is 3.46. The molecule has 1 amide bonds. The lowest BCUT2D eigenvalue weighted by atomic mass is 9.91. The first kappa shape index (κ1) is 21.8. The summed E-state index contributed by atoms with van der Waals surface area (Å²) in [5, 5.41) is 5.79. The Bertz CT molecular complexity index is 1170. The van der Waals surface area contributed by atoms with E-state index >= 15 is 0 Å². The molecule has 1 atom stereocenters. The van der Waals surface area contributed by atoms with Crippen LogP contribution < -0.4 is 5.73 Å². The van der Waals surface area contributed by atoms with Crippen molar-refractivity contribution < 1.29 is 32.0 Å². The second-order valence-corrected chi connectivity index (χ2v) is 7.52. The Morgan fingerprint density at radius 1 is 1.16 bits per heavy atom. The minimum Gasteiger partial charge on any atom is -0.366 e. The lowest BCUT2D eigenvalue weighted by Gasteiger charge is -2.31. The lowest BCUT2D eigenvalue weighted by Crippen LogP contribution is -2.40. The smallest absolute Gasteiger partial charge is 0.366 e. The Morgan fingerprint density at radius 3 is 2.53 bits per heavy atom. The molecule has 32 heavy (non-hydrogen) atoms. The van der Waals surface area contributed by atoms with Crippen LogP contribution in [0.3, 0.4) is 0 Å². The number of hydrogen-bond acceptors (Lipinski definition) is 5. The number of amides is 1. The number of rotatable bonds is 4. The lowest BCUT2D eigenvalue weighted by molar-refractivity contribution is -0.241. The summed E-state index contributed by atoms with van der Waals surface area (Å²) in [5.41, 5.74) is 7.06. The number of alkyl halides is 3. The van der Waals surface area contributed by atoms with E-state index in [9.17, 15) is 27.2 Å². The number of nitrogens with two attached hydrogens (primary N) is 1. The number of hydrogen-bond donors (Lipinski definition) is 1. The van der Waals surface area contributed by atoms with Crippen LogP contribution in [0.5, 0.6) is 0 Å². The van der Waals surface area contributed by atoms with E-state index in [1.54, 1.807) is 30.5 Å². The van der Waals surface area contributed by atoms with Gasteiger partial charge in [0.15, 0.2) is 0 Å². The van der Waals surface area contributed by atoms with Gasteiger partial charge in [-0.05, 0) is 48.6 Å². The van der Waals surface area contributed by atoms with Crippen molar-refractivity contribution in [3.63, 3.8) is 0 Å². The van der Waals surface area contributed by atoms with Gasteiger partial charge in [0.05, 0.1) is 11.3 Å². The van der Waals surface area contributed by atoms with Crippen molar-refractivity contribution in [1.82, 2.24) is 14.8 Å². The van der Waals surface area contributed by atoms with Crippen LogP contribution in [0.15, 0.2) is 42.6 Å². The first-order chi connectivity index (χ1) is 15.1. The average Bonchev–Trinajstić information content (AvgIpc) is 3.16. The van der Waals surface area contributed by atoms with Crippen molar-refractivity contribution in [3.05, 3.63) is 59.5 Å². The molecule has 1 saturated heterocycles. The molecule has 2 aromatic carbocycles. The van der Waals surface area contributed by atoms with Crippen LogP contribution in [0.1, 0.15) is 34.7 Å². The zero-order chi connectivity index (χ0) is 23.0. The van der Waals surface area contributed by atoms with Gasteiger partial charge in [0.2, 0.25) is 0 Å². The minimum absolute atomic E-state index is 0.0222. The molecule has 4 rings (SSSR count). The molecule has 0 radical (unpaired) electrons. The van der Waals surface area contributed by atoms with Gasteiger partial charge >= 0.3 is 12.1 Å². The van der Waals surface area contributed by atoms with E-state index in [1.165, 1.54) is 10.7 Å². The van der Waals surface area contributed by atoms with Gasteiger partial charge in [-0.2, -0.15) is 18.3 Å². The number of carbonyl (C=O) groups is 2. The molecule has 3 aromatic rings. The first-order valence-electron chi connectivity index (χ1n) is 9.75. The summed E-state index contributed by atoms with van der Waals surface area (Å²) in [6, 6.07) is 9.39. The standard InChI is InChI=1S/C21H18F4N4O3/c22-15-8-14-11-29(27-18(14)17(9-15)19(26)30)16-5-3-12(4-6-16)13-2-1-7-28(10-13)32-20(31)21(23,24)25/h3-6,8-9,11,13H,1-2,7,10H2,(H2,26,30). The third-order valence-corrected chi connectivity index (χ3v) is 5.30. The van der Waals surface area contributed by atoms with Crippen LogP contribution >= 0.6 is 0 Å². The Labute approximate surface area is 179 Å². The molecular formula is C21H18F4N4O3. The molecule has 11 heteroatoms. The third kappa shape index (κ3) is 4.42. The normalized spacial score (nSPS) is 17.4. The monoisotopic (exact) mass is 450 g/mol. The summed E-state index contributed by atoms with van der Waals surface area (Å²) < 4.78 is 52.6. The molecule has 0 bridgehead atoms. The van der Waals surface area contributed by atoms with E-state index in [-0.39, 0.29) is 30.1 Å². The van der Waals surface area contributed by atoms with Crippen LogP contribution in [0, 0.1) is 5.82 Å². The molecule has 168 valence electrons. The summed E-state index contributed by atoms with van der Waals surface area (Å²) in [4.78, 5) is 27.1. The molecule has 1 aliphatic rings. The van der Waals surface area contributed by atoms with Crippen molar-refractivity contribution in [2.45, 2.75) is 24.9 Å². The number of aromatic nitrogens is 2. The van der Waals surface area contributed by atoms with Crippen LogP contribution in [0.25, 0.3) is 16.6 Å². The summed E-state index contributed by atoms with van der Waals surface area (Å²) in [7, 11) is 0. The van der Waals surface area contributed by atoms with Crippen LogP contribution in [-0.2, 0) is 9.63 Å². The largest absolute Gasteiger partial charge is 0.492 e. The highest BCUT2D eigenvalue weighted by Gasteiger charge is 2.43. The molecule has 0 saturated carbocycles. The van der Waals surface area contributed by atoms with Crippen LogP contribution in [-0.4, -0.2) is 46.0 Å². The molecule has 2 N–H and O–H groups in total. The number of hydroxylamine groups is 2. The Balaban J connectivity index is 1.53. The fourth-order valence-corrected chi connectivity index (χ4v) is 3.78. The molecule has 1 fully saturated rings. The predicted molar refractivity (Wildman–Crippen MR) is 105 cm³/mol. The molecular weight excluding hydrogens is 432 g/mol. The van der Waals surface area contributed by atoms with Gasteiger partial charge < -0.3 is 10.6 Å². The third-order valence-electron chi connectivity index (χ3n) is 5.30. The zero-order valence-corrected chi connectivity index (χ0v) is 16.6. The van der Waals surface area contributed by atoms with Crippen molar-refractivity contribution in [1.29, 1.82) is 0 Å². The van der Waals surface area contributed by atoms with Gasteiger partial charge in [0, 0.05) is 24.7 Å². The number of fused-ring (bicyclic) bond motifs is 1. The Morgan fingerprint density at radius 2 is 1.88 bits per heavy atom. The van der Waals surface area contributed by atoms with Gasteiger partial charge in [-0.3, -0.25) is 4.79 Å². The number of piperidine rings is 1. The maximum absolute atomic E-state index is 13.8. The van der Waals surface area contributed by atoms with Gasteiger partial charge in [-0.25, -0.2) is 13.9 Å². The van der Waals surface area contributed by atoms with E-state index in [4.69, 9.17) is 5.73 Å². The summed E-state index contributed by atoms with van der Waals surface area (Å²) >= 11 is 0. The molecule has 2 heterocycles. The highest BCUT2D eigenvalue weighted by Crippen LogP contribution is 2.29. The molecule has 1 aliphatic heterocycles. The van der Waals surface area contributed by atoms with E-state index < -0.39 is 23.9 Å². The number of halogens is 4. The van der Waals surface area contributed by atoms with Gasteiger partial charge in [-0.1, -0.05) is 12.1 Å². The number of carbonyl (C=O) groups excluding carboxylic acids is 2. The van der Waals surface area contributed by atoms with Crippen molar-refractivity contribution in [2.24, 2.45) is 5.73 Å². The average molecular weight is 450 g/mol. The fraction of sp³-hybridized carbons (Fsp3) is 0.286. The number of nitrogens with zero attached hydrogens (tertiary/aromatic N) is 3. The maximum atomic E-state index is 13.8. The summed E-state index contributed by atoms with van der Waals surface area (Å²) in [6.45, 7) is 0.378. The van der Waals surface area contributed by atoms with Gasteiger partial charge in [-0.15, -0.1) is 5.06 Å². The molecule has 1 aromatic heterocycles. The van der Waals surface area contributed by atoms with Crippen LogP contribution in [0.4, 0.5) is 17.6 Å². The van der Waals surface area contributed by atoms with Crippen molar-refractivity contribution >= 4 is 22.8 Å². The van der Waals surface area contributed by atoms with Crippen molar-refractivity contribution in [3.8, 4) is 5.69 Å². The topological polar surface area (TPSA) is 90.5 Å². The van der Waals surface area contributed by atoms with E-state index in [0.717, 1.165) is 23.1 Å². The second kappa shape index (κ2) is 8.23. The molecule has 1 unspecified atom stereocenters. The van der Waals surface area contributed by atoms with E-state index in [0.29, 0.717) is 17.5 Å². The summed E-state index contributed by atoms with van der Waals surface area (Å²) in [6.07, 6.45) is -2.17. The first-order valence-corrected chi connectivity index (χ1v) is 9.75. The number of benzene rings is 2. The van der Waals surface area contributed by atoms with Gasteiger partial charge in [0.25, 0.3) is 5.91 Å². The quantitative estimate of drug-likeness (QED) is 0.615. The highest BCUT2D eigenvalue weighted by molar-refractivity contribution is 6.04. The number of primary amides is 1. The molecule has 7 nitrogen and oxygen atoms in total. The fourth-order valence-electron chi connectivity index (χ4n) is 3.78. The van der Waals surface area contributed by atoms with Crippen molar-refractivity contribution in [2.75, 3.05) is 13.1 Å². The van der Waals surface area contributed by atoms with Crippen LogP contribution in [0.2, 0.25) is 0 Å². The Kier molecular flexibility index (Phi) is 5.59. The van der Waals surface area contributed by atoms with E-state index in [2.05, 4.69) is 9.94 Å². The van der Waals surface area contributed by atoms with E-state index in [1.807, 2.05) is 0 Å². The summed E-state index contributed by atoms with van der Waals surface area (Å²) in [5.74, 6) is -3.74. The zero-order valence-electron chi connectivity index (χ0n) is 16.6.